The average Bonchev–Trinajstić information content (AvgIpc) is 2.21. The van der Waals surface area contributed by atoms with E-state index < -0.39 is 0 Å². The second-order valence-corrected chi connectivity index (χ2v) is 5.24. The van der Waals surface area contributed by atoms with Gasteiger partial charge in [-0.2, -0.15) is 0 Å². The van der Waals surface area contributed by atoms with Crippen molar-refractivity contribution >= 4 is 0 Å². The highest BCUT2D eigenvalue weighted by atomic mass is 15.1. The molecule has 0 aromatic rings. The number of nitrogens with one attached hydrogen (secondary N) is 1. The molecular formula is C14H30N2. The highest BCUT2D eigenvalue weighted by Crippen LogP contribution is 2.11. The molecule has 0 saturated carbocycles. The summed E-state index contributed by atoms with van der Waals surface area (Å²) in [6.45, 7) is 15.2. The van der Waals surface area contributed by atoms with Gasteiger partial charge in [-0.15, -0.1) is 0 Å². The monoisotopic (exact) mass is 226 g/mol. The maximum atomic E-state index is 4.11. The van der Waals surface area contributed by atoms with E-state index >= 15 is 0 Å². The van der Waals surface area contributed by atoms with Gasteiger partial charge >= 0.3 is 0 Å². The van der Waals surface area contributed by atoms with E-state index in [1.807, 2.05) is 0 Å². The van der Waals surface area contributed by atoms with Crippen molar-refractivity contribution in [3.63, 3.8) is 0 Å². The van der Waals surface area contributed by atoms with Crippen molar-refractivity contribution in [2.75, 3.05) is 20.1 Å². The molecule has 1 N–H and O–H groups in total. The average molecular weight is 226 g/mol. The van der Waals surface area contributed by atoms with Crippen molar-refractivity contribution < 1.29 is 0 Å². The normalized spacial score (nSPS) is 11.2. The number of allylic oxidation sites excluding steroid dienone is 1. The fraction of sp³-hybridized carbons (Fsp3) is 0.857. The van der Waals surface area contributed by atoms with Gasteiger partial charge in [0.1, 0.15) is 0 Å². The Hall–Kier alpha value is -0.500. The van der Waals surface area contributed by atoms with Crippen molar-refractivity contribution in [1.29, 1.82) is 0 Å². The molecule has 0 aromatic heterocycles. The quantitative estimate of drug-likeness (QED) is 0.607. The van der Waals surface area contributed by atoms with Crippen LogP contribution in [0.5, 0.6) is 0 Å². The summed E-state index contributed by atoms with van der Waals surface area (Å²) in [7, 11) is 2.15. The van der Waals surface area contributed by atoms with Crippen LogP contribution in [0.25, 0.3) is 0 Å². The predicted molar refractivity (Wildman–Crippen MR) is 73.6 cm³/mol. The fourth-order valence-corrected chi connectivity index (χ4v) is 1.63. The van der Waals surface area contributed by atoms with Crippen LogP contribution in [0.4, 0.5) is 0 Å². The maximum absolute atomic E-state index is 4.11. The van der Waals surface area contributed by atoms with Gasteiger partial charge < -0.3 is 10.2 Å². The first-order chi connectivity index (χ1) is 7.45. The molecule has 0 fully saturated rings. The molecule has 0 unspecified atom stereocenters. The molecule has 96 valence electrons. The van der Waals surface area contributed by atoms with Crippen LogP contribution in [0.15, 0.2) is 12.3 Å². The zero-order chi connectivity index (χ0) is 12.6. The number of hydrogen-bond donors (Lipinski definition) is 1. The molecule has 16 heavy (non-hydrogen) atoms. The summed E-state index contributed by atoms with van der Waals surface area (Å²) in [4.78, 5) is 2.29. The van der Waals surface area contributed by atoms with Gasteiger partial charge in [-0.25, -0.2) is 0 Å². The molecule has 0 spiro atoms. The van der Waals surface area contributed by atoms with Crippen LogP contribution in [0.2, 0.25) is 0 Å². The lowest BCUT2D eigenvalue weighted by atomic mass is 10.1. The van der Waals surface area contributed by atoms with E-state index in [-0.39, 0.29) is 0 Å². The van der Waals surface area contributed by atoms with Crippen LogP contribution in [0, 0.1) is 5.92 Å². The molecule has 0 radical (unpaired) electrons. The summed E-state index contributed by atoms with van der Waals surface area (Å²) < 4.78 is 0. The first-order valence-electron chi connectivity index (χ1n) is 6.58. The zero-order valence-corrected chi connectivity index (χ0v) is 11.8. The van der Waals surface area contributed by atoms with Crippen molar-refractivity contribution in [2.24, 2.45) is 5.92 Å². The van der Waals surface area contributed by atoms with E-state index in [2.05, 4.69) is 51.5 Å². The lowest BCUT2D eigenvalue weighted by molar-refractivity contribution is 0.362. The zero-order valence-electron chi connectivity index (χ0n) is 11.8. The number of hydrogen-bond acceptors (Lipinski definition) is 2. The molecular weight excluding hydrogens is 196 g/mol. The van der Waals surface area contributed by atoms with Gasteiger partial charge in [-0.3, -0.25) is 0 Å². The Morgan fingerprint density at radius 2 is 1.75 bits per heavy atom. The van der Waals surface area contributed by atoms with Crippen LogP contribution >= 0.6 is 0 Å². The summed E-state index contributed by atoms with van der Waals surface area (Å²) in [6.07, 6.45) is 3.84. The standard InChI is InChI=1S/C14H30N2/c1-12(2)14(5)16(6)11-9-7-8-10-15-13(3)4/h12-13,15H,5,7-11H2,1-4,6H3. The van der Waals surface area contributed by atoms with E-state index in [0.717, 1.165) is 13.1 Å². The van der Waals surface area contributed by atoms with Crippen LogP contribution in [-0.2, 0) is 0 Å². The number of nitrogens with zero attached hydrogens (tertiary/aromatic N) is 1. The van der Waals surface area contributed by atoms with Crippen molar-refractivity contribution in [3.05, 3.63) is 12.3 Å². The number of rotatable bonds is 9. The molecule has 0 heterocycles. The first kappa shape index (κ1) is 15.5. The molecule has 2 heteroatoms. The lowest BCUT2D eigenvalue weighted by Crippen LogP contribution is -2.24. The van der Waals surface area contributed by atoms with E-state index in [4.69, 9.17) is 0 Å². The maximum Gasteiger partial charge on any atom is 0.0171 e. The van der Waals surface area contributed by atoms with E-state index in [9.17, 15) is 0 Å². The molecule has 0 amide bonds. The van der Waals surface area contributed by atoms with Gasteiger partial charge in [0.25, 0.3) is 0 Å². The summed E-state index contributed by atoms with van der Waals surface area (Å²) >= 11 is 0. The van der Waals surface area contributed by atoms with E-state index in [1.165, 1.54) is 25.0 Å². The van der Waals surface area contributed by atoms with Crippen LogP contribution in [0.3, 0.4) is 0 Å². The molecule has 0 aromatic carbocycles. The van der Waals surface area contributed by atoms with E-state index in [0.29, 0.717) is 12.0 Å². The molecule has 0 atom stereocenters. The van der Waals surface area contributed by atoms with Crippen molar-refractivity contribution in [2.45, 2.75) is 53.0 Å². The largest absolute Gasteiger partial charge is 0.378 e. The van der Waals surface area contributed by atoms with Gasteiger partial charge in [0.2, 0.25) is 0 Å². The second kappa shape index (κ2) is 8.63. The van der Waals surface area contributed by atoms with Crippen LogP contribution in [-0.4, -0.2) is 31.1 Å². The van der Waals surface area contributed by atoms with Crippen molar-refractivity contribution in [3.8, 4) is 0 Å². The Morgan fingerprint density at radius 1 is 1.12 bits per heavy atom. The summed E-state index contributed by atoms with van der Waals surface area (Å²) in [5.74, 6) is 0.563. The Morgan fingerprint density at radius 3 is 2.25 bits per heavy atom. The number of unbranched alkanes of at least 4 members (excludes halogenated alkanes) is 2. The van der Waals surface area contributed by atoms with Crippen molar-refractivity contribution in [1.82, 2.24) is 10.2 Å². The van der Waals surface area contributed by atoms with Gasteiger partial charge in [0.05, 0.1) is 0 Å². The molecule has 0 rings (SSSR count). The first-order valence-corrected chi connectivity index (χ1v) is 6.58. The summed E-state index contributed by atoms with van der Waals surface area (Å²) in [5.41, 5.74) is 1.25. The SMILES string of the molecule is C=C(C(C)C)N(C)CCCCCNC(C)C. The molecule has 0 aliphatic rings. The van der Waals surface area contributed by atoms with Gasteiger partial charge in [-0.1, -0.05) is 40.7 Å². The Bertz CT molecular complexity index is 185. The molecule has 0 aliphatic carbocycles. The molecule has 2 nitrogen and oxygen atoms in total. The molecule has 0 saturated heterocycles. The minimum Gasteiger partial charge on any atom is -0.378 e. The predicted octanol–water partition coefficient (Wildman–Crippen LogP) is 3.26. The topological polar surface area (TPSA) is 15.3 Å². The Labute approximate surface area is 102 Å². The minimum absolute atomic E-state index is 0.563. The van der Waals surface area contributed by atoms with Gasteiger partial charge in [0.15, 0.2) is 0 Å². The highest BCUT2D eigenvalue weighted by Gasteiger charge is 2.05. The third kappa shape index (κ3) is 7.75. The van der Waals surface area contributed by atoms with Crippen LogP contribution in [0.1, 0.15) is 47.0 Å². The minimum atomic E-state index is 0.563. The highest BCUT2D eigenvalue weighted by molar-refractivity contribution is 4.95. The second-order valence-electron chi connectivity index (χ2n) is 5.24. The van der Waals surface area contributed by atoms with Crippen LogP contribution < -0.4 is 5.32 Å². The smallest absolute Gasteiger partial charge is 0.0171 e. The Balaban J connectivity index is 3.41. The van der Waals surface area contributed by atoms with Gasteiger partial charge in [-0.05, 0) is 25.3 Å². The molecule has 0 bridgehead atoms. The third-order valence-electron chi connectivity index (χ3n) is 2.88. The fourth-order valence-electron chi connectivity index (χ4n) is 1.63. The summed E-state index contributed by atoms with van der Waals surface area (Å²) in [5, 5.41) is 3.44. The summed E-state index contributed by atoms with van der Waals surface area (Å²) in [6, 6.07) is 0.614. The Kier molecular flexibility index (Phi) is 8.36. The lowest BCUT2D eigenvalue weighted by Gasteiger charge is -2.24. The third-order valence-corrected chi connectivity index (χ3v) is 2.88. The molecule has 0 aliphatic heterocycles. The van der Waals surface area contributed by atoms with Gasteiger partial charge in [0, 0.05) is 25.3 Å². The van der Waals surface area contributed by atoms with E-state index in [1.54, 1.807) is 0 Å².